The quantitative estimate of drug-likeness (QED) is 0.640. The molecule has 4 nitrogen and oxygen atoms in total. The number of thiophene rings is 1. The van der Waals surface area contributed by atoms with Gasteiger partial charge in [0.25, 0.3) is 11.8 Å². The van der Waals surface area contributed by atoms with E-state index in [1.807, 2.05) is 24.4 Å². The first-order valence-electron chi connectivity index (χ1n) is 8.61. The number of benzene rings is 1. The smallest absolute Gasteiger partial charge is 0.272 e. The highest BCUT2D eigenvalue weighted by atomic mass is 35.5. The summed E-state index contributed by atoms with van der Waals surface area (Å²) in [6, 6.07) is 8.16. The lowest BCUT2D eigenvalue weighted by atomic mass is 9.92. The third kappa shape index (κ3) is 4.34. The van der Waals surface area contributed by atoms with Crippen molar-refractivity contribution in [2.45, 2.75) is 26.2 Å². The number of imide groups is 1. The van der Waals surface area contributed by atoms with Crippen LogP contribution in [0.5, 0.6) is 0 Å². The van der Waals surface area contributed by atoms with Gasteiger partial charge in [-0.25, -0.2) is 4.39 Å². The monoisotopic (exact) mass is 404 g/mol. The van der Waals surface area contributed by atoms with Crippen LogP contribution >= 0.6 is 22.9 Å². The van der Waals surface area contributed by atoms with Crippen molar-refractivity contribution in [3.8, 4) is 0 Å². The number of carbonyl (C=O) groups is 2. The summed E-state index contributed by atoms with van der Waals surface area (Å²) in [5.74, 6) is -2.10. The number of rotatable bonds is 6. The predicted molar refractivity (Wildman–Crippen MR) is 106 cm³/mol. The van der Waals surface area contributed by atoms with Crippen molar-refractivity contribution in [2.24, 2.45) is 11.0 Å². The zero-order chi connectivity index (χ0) is 19.4. The Kier molecular flexibility index (Phi) is 6.19. The highest BCUT2D eigenvalue weighted by Gasteiger charge is 2.38. The van der Waals surface area contributed by atoms with Gasteiger partial charge in [-0.3, -0.25) is 9.59 Å². The fourth-order valence-electron chi connectivity index (χ4n) is 2.92. The normalized spacial score (nSPS) is 17.0. The van der Waals surface area contributed by atoms with Crippen molar-refractivity contribution in [2.75, 3.05) is 0 Å². The number of halogens is 2. The first-order valence-corrected chi connectivity index (χ1v) is 9.86. The van der Waals surface area contributed by atoms with Crippen molar-refractivity contribution in [1.82, 2.24) is 5.01 Å². The molecule has 0 saturated heterocycles. The van der Waals surface area contributed by atoms with Crippen molar-refractivity contribution >= 4 is 46.5 Å². The fraction of sp³-hybridized carbons (Fsp3) is 0.250. The minimum atomic E-state index is -0.682. The Labute approximate surface area is 165 Å². The van der Waals surface area contributed by atoms with Crippen LogP contribution in [0.1, 0.15) is 30.2 Å². The molecule has 1 aromatic heterocycles. The van der Waals surface area contributed by atoms with Gasteiger partial charge in [0.2, 0.25) is 0 Å². The van der Waals surface area contributed by atoms with Crippen LogP contribution in [0.25, 0.3) is 6.08 Å². The fourth-order valence-corrected chi connectivity index (χ4v) is 3.78. The summed E-state index contributed by atoms with van der Waals surface area (Å²) in [5, 5.41) is 7.28. The van der Waals surface area contributed by atoms with E-state index in [0.717, 1.165) is 16.3 Å². The van der Waals surface area contributed by atoms with Crippen LogP contribution in [0.15, 0.2) is 46.9 Å². The molecule has 2 aromatic rings. The molecule has 27 heavy (non-hydrogen) atoms. The van der Waals surface area contributed by atoms with E-state index in [0.29, 0.717) is 12.1 Å². The Bertz CT molecular complexity index is 888. The lowest BCUT2D eigenvalue weighted by Crippen LogP contribution is -2.32. The topological polar surface area (TPSA) is 49.7 Å². The maximum absolute atomic E-state index is 14.2. The van der Waals surface area contributed by atoms with Crippen molar-refractivity contribution in [3.63, 3.8) is 0 Å². The van der Waals surface area contributed by atoms with Gasteiger partial charge in [0.15, 0.2) is 0 Å². The Morgan fingerprint density at radius 2 is 2.19 bits per heavy atom. The van der Waals surface area contributed by atoms with Gasteiger partial charge in [-0.05, 0) is 42.5 Å². The molecule has 0 saturated carbocycles. The summed E-state index contributed by atoms with van der Waals surface area (Å²) in [4.78, 5) is 26.2. The van der Waals surface area contributed by atoms with E-state index in [-0.39, 0.29) is 17.0 Å². The molecule has 140 valence electrons. The Hall–Kier alpha value is -2.31. The minimum absolute atomic E-state index is 0.0849. The second-order valence-electron chi connectivity index (χ2n) is 6.14. The molecule has 1 aliphatic rings. The predicted octanol–water partition coefficient (Wildman–Crippen LogP) is 4.94. The number of hydrogen-bond acceptors (Lipinski definition) is 4. The minimum Gasteiger partial charge on any atom is -0.272 e. The number of hydrogen-bond donors (Lipinski definition) is 0. The number of carbonyl (C=O) groups excluding carboxylic acids is 2. The number of nitrogens with zero attached hydrogens (tertiary/aromatic N) is 2. The van der Waals surface area contributed by atoms with E-state index in [1.165, 1.54) is 29.5 Å². The molecule has 1 atom stereocenters. The molecular formula is C20H18ClFN2O2S. The van der Waals surface area contributed by atoms with E-state index < -0.39 is 23.5 Å². The molecule has 1 aliphatic heterocycles. The van der Waals surface area contributed by atoms with Gasteiger partial charge >= 0.3 is 0 Å². The average Bonchev–Trinajstić information content (AvgIpc) is 3.26. The summed E-state index contributed by atoms with van der Waals surface area (Å²) in [6.45, 7) is 1.96. The van der Waals surface area contributed by atoms with Crippen LogP contribution in [-0.4, -0.2) is 22.5 Å². The molecule has 0 unspecified atom stereocenters. The van der Waals surface area contributed by atoms with Gasteiger partial charge in [0.1, 0.15) is 5.82 Å². The molecule has 1 aromatic carbocycles. The molecule has 2 heterocycles. The van der Waals surface area contributed by atoms with Crippen molar-refractivity contribution in [1.29, 1.82) is 0 Å². The zero-order valence-electron chi connectivity index (χ0n) is 14.7. The lowest BCUT2D eigenvalue weighted by Gasteiger charge is -2.13. The molecule has 0 bridgehead atoms. The highest BCUT2D eigenvalue weighted by molar-refractivity contribution is 7.10. The first kappa shape index (κ1) is 19.5. The van der Waals surface area contributed by atoms with Gasteiger partial charge in [-0.2, -0.15) is 10.1 Å². The summed E-state index contributed by atoms with van der Waals surface area (Å²) >= 11 is 7.59. The summed E-state index contributed by atoms with van der Waals surface area (Å²) in [7, 11) is 0. The standard InChI is InChI=1S/C20H18ClFN2O2S/c1-2-5-18-15(12-14-16(21)7-3-8-17(14)22)20(26)24(23-18)19(25)10-9-13-6-4-11-27-13/h3-4,6-11,15H,2,5,12H2,1H3/b10-9+/t15-/m0/s1. The van der Waals surface area contributed by atoms with Gasteiger partial charge < -0.3 is 0 Å². The molecule has 0 radical (unpaired) electrons. The summed E-state index contributed by atoms with van der Waals surface area (Å²) in [6.07, 6.45) is 4.38. The van der Waals surface area contributed by atoms with Crippen LogP contribution in [0, 0.1) is 11.7 Å². The molecule has 0 spiro atoms. The van der Waals surface area contributed by atoms with Crippen molar-refractivity contribution < 1.29 is 14.0 Å². The third-order valence-corrected chi connectivity index (χ3v) is 5.45. The van der Waals surface area contributed by atoms with E-state index in [1.54, 1.807) is 12.1 Å². The second kappa shape index (κ2) is 8.59. The van der Waals surface area contributed by atoms with Crippen LogP contribution in [0.4, 0.5) is 4.39 Å². The maximum Gasteiger partial charge on any atom is 0.273 e. The lowest BCUT2D eigenvalue weighted by molar-refractivity contribution is -0.141. The average molecular weight is 405 g/mol. The Morgan fingerprint density at radius 1 is 1.37 bits per heavy atom. The summed E-state index contributed by atoms with van der Waals surface area (Å²) in [5.41, 5.74) is 0.851. The highest BCUT2D eigenvalue weighted by Crippen LogP contribution is 2.28. The third-order valence-electron chi connectivity index (χ3n) is 4.26. The van der Waals surface area contributed by atoms with Gasteiger partial charge in [0.05, 0.1) is 11.6 Å². The zero-order valence-corrected chi connectivity index (χ0v) is 16.3. The van der Waals surface area contributed by atoms with E-state index in [2.05, 4.69) is 5.10 Å². The Morgan fingerprint density at radius 3 is 2.85 bits per heavy atom. The van der Waals surface area contributed by atoms with Crippen LogP contribution in [-0.2, 0) is 16.0 Å². The van der Waals surface area contributed by atoms with Gasteiger partial charge in [-0.15, -0.1) is 11.3 Å². The molecule has 2 amide bonds. The van der Waals surface area contributed by atoms with Crippen LogP contribution < -0.4 is 0 Å². The number of hydrazone groups is 1. The van der Waals surface area contributed by atoms with Crippen LogP contribution in [0.2, 0.25) is 5.02 Å². The molecule has 3 rings (SSSR count). The van der Waals surface area contributed by atoms with E-state index in [4.69, 9.17) is 11.6 Å². The molecule has 7 heteroatoms. The first-order chi connectivity index (χ1) is 13.0. The van der Waals surface area contributed by atoms with E-state index in [9.17, 15) is 14.0 Å². The SMILES string of the molecule is CCCC1=NN(C(=O)/C=C/c2cccs2)C(=O)[C@H]1Cc1c(F)cccc1Cl. The van der Waals surface area contributed by atoms with Crippen molar-refractivity contribution in [3.05, 3.63) is 63.1 Å². The molecule has 0 aliphatic carbocycles. The van der Waals surface area contributed by atoms with Gasteiger partial charge in [0, 0.05) is 21.5 Å². The maximum atomic E-state index is 14.2. The largest absolute Gasteiger partial charge is 0.273 e. The molecule has 0 N–H and O–H groups in total. The number of amides is 2. The second-order valence-corrected chi connectivity index (χ2v) is 7.52. The summed E-state index contributed by atoms with van der Waals surface area (Å²) < 4.78 is 14.2. The van der Waals surface area contributed by atoms with Crippen LogP contribution in [0.3, 0.4) is 0 Å². The molecular weight excluding hydrogens is 387 g/mol. The Balaban J connectivity index is 1.82. The molecule has 0 fully saturated rings. The van der Waals surface area contributed by atoms with E-state index >= 15 is 0 Å². The van der Waals surface area contributed by atoms with Gasteiger partial charge in [-0.1, -0.05) is 37.1 Å².